The number of ether oxygens (including phenoxy) is 1. The third kappa shape index (κ3) is 3.48. The number of aryl methyl sites for hydroxylation is 1. The number of aromatic hydroxyl groups is 1. The summed E-state index contributed by atoms with van der Waals surface area (Å²) in [6.45, 7) is 3.93. The van der Waals surface area contributed by atoms with Gasteiger partial charge in [0.15, 0.2) is 0 Å². The van der Waals surface area contributed by atoms with Crippen LogP contribution in [0, 0.1) is 12.3 Å². The molecule has 1 aliphatic carbocycles. The van der Waals surface area contributed by atoms with Crippen LogP contribution in [0.15, 0.2) is 6.20 Å². The number of nitrogens with one attached hydrogen (secondary N) is 1. The first-order valence-electron chi connectivity index (χ1n) is 7.09. The van der Waals surface area contributed by atoms with Crippen molar-refractivity contribution in [2.75, 3.05) is 20.3 Å². The SMILES string of the molecule is COCCC1(CNCc2c(CO)cnc(C)c2O)CC1. The molecule has 0 amide bonds. The number of hydrogen-bond acceptors (Lipinski definition) is 5. The van der Waals surface area contributed by atoms with E-state index in [9.17, 15) is 10.2 Å². The average molecular weight is 280 g/mol. The molecule has 1 saturated carbocycles. The van der Waals surface area contributed by atoms with Crippen molar-refractivity contribution < 1.29 is 14.9 Å². The van der Waals surface area contributed by atoms with E-state index in [-0.39, 0.29) is 12.4 Å². The van der Waals surface area contributed by atoms with Gasteiger partial charge >= 0.3 is 0 Å². The van der Waals surface area contributed by atoms with Crippen LogP contribution in [0.1, 0.15) is 36.1 Å². The van der Waals surface area contributed by atoms with E-state index in [1.165, 1.54) is 12.8 Å². The van der Waals surface area contributed by atoms with Crippen molar-refractivity contribution >= 4 is 0 Å². The molecule has 0 bridgehead atoms. The normalized spacial score (nSPS) is 16.4. The van der Waals surface area contributed by atoms with Crippen LogP contribution in [0.4, 0.5) is 0 Å². The topological polar surface area (TPSA) is 74.6 Å². The van der Waals surface area contributed by atoms with Crippen molar-refractivity contribution in [3.05, 3.63) is 23.0 Å². The van der Waals surface area contributed by atoms with E-state index in [0.717, 1.165) is 25.1 Å². The smallest absolute Gasteiger partial charge is 0.141 e. The van der Waals surface area contributed by atoms with Crippen molar-refractivity contribution in [1.82, 2.24) is 10.3 Å². The van der Waals surface area contributed by atoms with Gasteiger partial charge in [0.1, 0.15) is 5.75 Å². The molecule has 0 aliphatic heterocycles. The van der Waals surface area contributed by atoms with Gasteiger partial charge in [-0.2, -0.15) is 0 Å². The highest BCUT2D eigenvalue weighted by Crippen LogP contribution is 2.48. The molecule has 0 spiro atoms. The monoisotopic (exact) mass is 280 g/mol. The molecule has 0 unspecified atom stereocenters. The summed E-state index contributed by atoms with van der Waals surface area (Å²) < 4.78 is 5.14. The third-order valence-electron chi connectivity index (χ3n) is 4.20. The molecule has 0 saturated heterocycles. The molecule has 1 aromatic heterocycles. The van der Waals surface area contributed by atoms with Gasteiger partial charge in [0, 0.05) is 44.1 Å². The average Bonchev–Trinajstić information content (AvgIpc) is 3.22. The Hall–Kier alpha value is -1.17. The predicted molar refractivity (Wildman–Crippen MR) is 76.4 cm³/mol. The lowest BCUT2D eigenvalue weighted by atomic mass is 10.0. The van der Waals surface area contributed by atoms with Crippen LogP contribution in [0.5, 0.6) is 5.75 Å². The molecular formula is C15H24N2O3. The maximum absolute atomic E-state index is 10.1. The summed E-state index contributed by atoms with van der Waals surface area (Å²) in [5.74, 6) is 0.186. The largest absolute Gasteiger partial charge is 0.506 e. The maximum atomic E-state index is 10.1. The standard InChI is InChI=1S/C15H24N2O3/c1-11-14(19)13(12(9-18)7-17-11)8-16-10-15(3-4-15)5-6-20-2/h7,16,18-19H,3-6,8-10H2,1-2H3. The molecule has 1 heterocycles. The van der Waals surface area contributed by atoms with Crippen molar-refractivity contribution in [2.24, 2.45) is 5.41 Å². The molecular weight excluding hydrogens is 256 g/mol. The lowest BCUT2D eigenvalue weighted by Crippen LogP contribution is -2.25. The maximum Gasteiger partial charge on any atom is 0.141 e. The second kappa shape index (κ2) is 6.52. The summed E-state index contributed by atoms with van der Waals surface area (Å²) in [6, 6.07) is 0. The molecule has 1 fully saturated rings. The molecule has 5 nitrogen and oxygen atoms in total. The zero-order valence-electron chi connectivity index (χ0n) is 12.3. The zero-order chi connectivity index (χ0) is 14.6. The van der Waals surface area contributed by atoms with E-state index in [1.54, 1.807) is 20.2 Å². The Balaban J connectivity index is 1.93. The highest BCUT2D eigenvalue weighted by molar-refractivity contribution is 5.40. The van der Waals surface area contributed by atoms with Crippen LogP contribution in [0.25, 0.3) is 0 Å². The number of pyridine rings is 1. The van der Waals surface area contributed by atoms with Gasteiger partial charge in [-0.1, -0.05) is 0 Å². The number of hydrogen-bond donors (Lipinski definition) is 3. The van der Waals surface area contributed by atoms with E-state index in [2.05, 4.69) is 10.3 Å². The highest BCUT2D eigenvalue weighted by atomic mass is 16.5. The fourth-order valence-corrected chi connectivity index (χ4v) is 2.48. The first-order valence-corrected chi connectivity index (χ1v) is 7.09. The summed E-state index contributed by atoms with van der Waals surface area (Å²) in [4.78, 5) is 4.07. The minimum absolute atomic E-state index is 0.104. The fraction of sp³-hybridized carbons (Fsp3) is 0.667. The Morgan fingerprint density at radius 1 is 1.45 bits per heavy atom. The molecule has 3 N–H and O–H groups in total. The van der Waals surface area contributed by atoms with Crippen LogP contribution in [0.2, 0.25) is 0 Å². The lowest BCUT2D eigenvalue weighted by molar-refractivity contribution is 0.171. The second-order valence-corrected chi connectivity index (χ2v) is 5.70. The van der Waals surface area contributed by atoms with E-state index in [0.29, 0.717) is 23.2 Å². The molecule has 2 rings (SSSR count). The third-order valence-corrected chi connectivity index (χ3v) is 4.20. The van der Waals surface area contributed by atoms with Gasteiger partial charge in [-0.3, -0.25) is 4.98 Å². The van der Waals surface area contributed by atoms with Crippen molar-refractivity contribution in [3.8, 4) is 5.75 Å². The molecule has 1 aliphatic rings. The molecule has 112 valence electrons. The molecule has 20 heavy (non-hydrogen) atoms. The Kier molecular flexibility index (Phi) is 4.96. The Labute approximate surface area is 120 Å². The first-order chi connectivity index (χ1) is 9.62. The summed E-state index contributed by atoms with van der Waals surface area (Å²) in [6.07, 6.45) is 5.17. The molecule has 0 aromatic carbocycles. The van der Waals surface area contributed by atoms with E-state index in [1.807, 2.05) is 0 Å². The molecule has 5 heteroatoms. The summed E-state index contributed by atoms with van der Waals surface area (Å²) in [7, 11) is 1.73. The summed E-state index contributed by atoms with van der Waals surface area (Å²) in [5, 5.41) is 22.8. The van der Waals surface area contributed by atoms with Crippen LogP contribution in [-0.4, -0.2) is 35.5 Å². The summed E-state index contributed by atoms with van der Waals surface area (Å²) >= 11 is 0. The van der Waals surface area contributed by atoms with Gasteiger partial charge in [-0.25, -0.2) is 0 Å². The van der Waals surface area contributed by atoms with Gasteiger partial charge in [0.05, 0.1) is 12.3 Å². The Morgan fingerprint density at radius 2 is 2.20 bits per heavy atom. The fourth-order valence-electron chi connectivity index (χ4n) is 2.48. The van der Waals surface area contributed by atoms with Gasteiger partial charge < -0.3 is 20.3 Å². The van der Waals surface area contributed by atoms with Crippen LogP contribution >= 0.6 is 0 Å². The van der Waals surface area contributed by atoms with Crippen molar-refractivity contribution in [3.63, 3.8) is 0 Å². The quantitative estimate of drug-likeness (QED) is 0.673. The number of rotatable bonds is 8. The number of methoxy groups -OCH3 is 1. The van der Waals surface area contributed by atoms with Gasteiger partial charge in [-0.05, 0) is 31.6 Å². The number of nitrogens with zero attached hydrogens (tertiary/aromatic N) is 1. The van der Waals surface area contributed by atoms with Crippen LogP contribution < -0.4 is 5.32 Å². The Bertz CT molecular complexity index is 459. The zero-order valence-corrected chi connectivity index (χ0v) is 12.3. The van der Waals surface area contributed by atoms with E-state index >= 15 is 0 Å². The van der Waals surface area contributed by atoms with Crippen LogP contribution in [-0.2, 0) is 17.9 Å². The van der Waals surface area contributed by atoms with Gasteiger partial charge in [0.2, 0.25) is 0 Å². The van der Waals surface area contributed by atoms with Crippen molar-refractivity contribution in [1.29, 1.82) is 0 Å². The summed E-state index contributed by atoms with van der Waals surface area (Å²) in [5.41, 5.74) is 2.40. The van der Waals surface area contributed by atoms with Gasteiger partial charge in [-0.15, -0.1) is 0 Å². The minimum Gasteiger partial charge on any atom is -0.506 e. The second-order valence-electron chi connectivity index (χ2n) is 5.70. The minimum atomic E-state index is -0.104. The first kappa shape index (κ1) is 15.2. The molecule has 0 radical (unpaired) electrons. The number of aromatic nitrogens is 1. The Morgan fingerprint density at radius 3 is 2.80 bits per heavy atom. The lowest BCUT2D eigenvalue weighted by Gasteiger charge is -2.17. The highest BCUT2D eigenvalue weighted by Gasteiger charge is 2.41. The molecule has 1 aromatic rings. The van der Waals surface area contributed by atoms with Gasteiger partial charge in [0.25, 0.3) is 0 Å². The molecule has 0 atom stereocenters. The van der Waals surface area contributed by atoms with E-state index < -0.39 is 0 Å². The van der Waals surface area contributed by atoms with Crippen LogP contribution in [0.3, 0.4) is 0 Å². The number of aliphatic hydroxyl groups is 1. The predicted octanol–water partition coefficient (Wildman–Crippen LogP) is 1.49. The van der Waals surface area contributed by atoms with E-state index in [4.69, 9.17) is 4.74 Å². The number of aliphatic hydroxyl groups excluding tert-OH is 1. The van der Waals surface area contributed by atoms with Crippen molar-refractivity contribution in [2.45, 2.75) is 39.3 Å².